The monoisotopic (exact) mass is 353 g/mol. The van der Waals surface area contributed by atoms with Crippen LogP contribution in [0, 0.1) is 11.2 Å². The SMILES string of the molecule is CC(C)(C)C1CC(C(=O)NCC(Oc2ccc(F)cc2)C(=O)O)NN1. The van der Waals surface area contributed by atoms with E-state index in [4.69, 9.17) is 4.74 Å². The van der Waals surface area contributed by atoms with E-state index in [-0.39, 0.29) is 29.7 Å². The van der Waals surface area contributed by atoms with Gasteiger partial charge in [-0.25, -0.2) is 14.6 Å². The Hall–Kier alpha value is -2.19. The molecule has 8 heteroatoms. The van der Waals surface area contributed by atoms with E-state index in [0.717, 1.165) is 0 Å². The Morgan fingerprint density at radius 3 is 2.48 bits per heavy atom. The Morgan fingerprint density at radius 2 is 1.96 bits per heavy atom. The number of carboxylic acids is 1. The number of hydrazine groups is 1. The third kappa shape index (κ3) is 5.40. The molecule has 1 heterocycles. The highest BCUT2D eigenvalue weighted by Crippen LogP contribution is 2.25. The van der Waals surface area contributed by atoms with Gasteiger partial charge in [-0.05, 0) is 36.1 Å². The number of hydrogen-bond acceptors (Lipinski definition) is 5. The smallest absolute Gasteiger partial charge is 0.346 e. The highest BCUT2D eigenvalue weighted by Gasteiger charge is 2.36. The number of aliphatic carboxylic acids is 1. The van der Waals surface area contributed by atoms with Crippen LogP contribution in [-0.4, -0.2) is 41.7 Å². The second-order valence-corrected chi connectivity index (χ2v) is 7.14. The maximum atomic E-state index is 12.9. The van der Waals surface area contributed by atoms with Crippen molar-refractivity contribution in [1.29, 1.82) is 0 Å². The molecular weight excluding hydrogens is 329 g/mol. The molecule has 2 rings (SSSR count). The maximum absolute atomic E-state index is 12.9. The van der Waals surface area contributed by atoms with Gasteiger partial charge in [0.05, 0.1) is 6.54 Å². The van der Waals surface area contributed by atoms with E-state index < -0.39 is 23.9 Å². The van der Waals surface area contributed by atoms with Gasteiger partial charge in [-0.3, -0.25) is 10.2 Å². The summed E-state index contributed by atoms with van der Waals surface area (Å²) in [5.41, 5.74) is 6.02. The van der Waals surface area contributed by atoms with Gasteiger partial charge in [0, 0.05) is 6.04 Å². The van der Waals surface area contributed by atoms with Crippen molar-refractivity contribution in [3.63, 3.8) is 0 Å². The highest BCUT2D eigenvalue weighted by atomic mass is 19.1. The molecule has 0 bridgehead atoms. The molecule has 3 atom stereocenters. The van der Waals surface area contributed by atoms with E-state index in [2.05, 4.69) is 36.9 Å². The molecule has 138 valence electrons. The molecule has 1 saturated heterocycles. The average molecular weight is 353 g/mol. The van der Waals surface area contributed by atoms with Crippen molar-refractivity contribution in [3.8, 4) is 5.75 Å². The number of halogens is 1. The molecular formula is C17H24FN3O4. The molecule has 0 spiro atoms. The van der Waals surface area contributed by atoms with E-state index >= 15 is 0 Å². The number of carbonyl (C=O) groups is 2. The summed E-state index contributed by atoms with van der Waals surface area (Å²) in [5, 5.41) is 11.8. The van der Waals surface area contributed by atoms with E-state index in [1.54, 1.807) is 0 Å². The lowest BCUT2D eigenvalue weighted by Gasteiger charge is -2.25. The molecule has 1 aliphatic rings. The Balaban J connectivity index is 1.87. The highest BCUT2D eigenvalue weighted by molar-refractivity contribution is 5.83. The Bertz CT molecular complexity index is 615. The predicted octanol–water partition coefficient (Wildman–Crippen LogP) is 1.06. The Labute approximate surface area is 145 Å². The number of hydrogen-bond donors (Lipinski definition) is 4. The van der Waals surface area contributed by atoms with Gasteiger partial charge in [0.2, 0.25) is 12.0 Å². The molecule has 1 aromatic carbocycles. The first kappa shape index (κ1) is 19.1. The molecule has 3 unspecified atom stereocenters. The zero-order chi connectivity index (χ0) is 18.6. The van der Waals surface area contributed by atoms with Crippen LogP contribution in [0.2, 0.25) is 0 Å². The summed E-state index contributed by atoms with van der Waals surface area (Å²) in [6.45, 7) is 6.03. The quantitative estimate of drug-likeness (QED) is 0.610. The fraction of sp³-hybridized carbons (Fsp3) is 0.529. The topological polar surface area (TPSA) is 99.7 Å². The minimum atomic E-state index is -1.26. The maximum Gasteiger partial charge on any atom is 0.346 e. The van der Waals surface area contributed by atoms with Crippen LogP contribution >= 0.6 is 0 Å². The minimum Gasteiger partial charge on any atom is -0.478 e. The summed E-state index contributed by atoms with van der Waals surface area (Å²) in [7, 11) is 0. The molecule has 1 amide bonds. The number of ether oxygens (including phenoxy) is 1. The average Bonchev–Trinajstić information content (AvgIpc) is 3.03. The molecule has 1 aromatic rings. The first-order chi connectivity index (χ1) is 11.7. The van der Waals surface area contributed by atoms with Gasteiger partial charge in [0.1, 0.15) is 17.6 Å². The number of benzene rings is 1. The number of nitrogens with one attached hydrogen (secondary N) is 3. The van der Waals surface area contributed by atoms with Gasteiger partial charge in [-0.1, -0.05) is 20.8 Å². The molecule has 0 saturated carbocycles. The minimum absolute atomic E-state index is 0.00265. The number of amides is 1. The summed E-state index contributed by atoms with van der Waals surface area (Å²) in [5.74, 6) is -1.74. The lowest BCUT2D eigenvalue weighted by Crippen LogP contribution is -2.48. The third-order valence-electron chi connectivity index (χ3n) is 4.09. The van der Waals surface area contributed by atoms with Crippen molar-refractivity contribution in [1.82, 2.24) is 16.2 Å². The van der Waals surface area contributed by atoms with Crippen LogP contribution in [0.15, 0.2) is 24.3 Å². The molecule has 1 aliphatic heterocycles. The Morgan fingerprint density at radius 1 is 1.32 bits per heavy atom. The van der Waals surface area contributed by atoms with Crippen LogP contribution in [0.25, 0.3) is 0 Å². The van der Waals surface area contributed by atoms with Gasteiger partial charge in [0.25, 0.3) is 0 Å². The number of rotatable bonds is 6. The summed E-state index contributed by atoms with van der Waals surface area (Å²) < 4.78 is 18.2. The van der Waals surface area contributed by atoms with Gasteiger partial charge < -0.3 is 15.2 Å². The van der Waals surface area contributed by atoms with Gasteiger partial charge in [-0.2, -0.15) is 0 Å². The molecule has 4 N–H and O–H groups in total. The van der Waals surface area contributed by atoms with Crippen LogP contribution in [0.5, 0.6) is 5.75 Å². The van der Waals surface area contributed by atoms with E-state index in [1.807, 2.05) is 0 Å². The van der Waals surface area contributed by atoms with Gasteiger partial charge >= 0.3 is 5.97 Å². The van der Waals surface area contributed by atoms with Crippen molar-refractivity contribution in [2.24, 2.45) is 5.41 Å². The van der Waals surface area contributed by atoms with Crippen LogP contribution in [-0.2, 0) is 9.59 Å². The molecule has 25 heavy (non-hydrogen) atoms. The largest absolute Gasteiger partial charge is 0.478 e. The van der Waals surface area contributed by atoms with Crippen molar-refractivity contribution in [3.05, 3.63) is 30.1 Å². The van der Waals surface area contributed by atoms with Gasteiger partial charge in [0.15, 0.2) is 0 Å². The van der Waals surface area contributed by atoms with Crippen molar-refractivity contribution in [2.75, 3.05) is 6.54 Å². The van der Waals surface area contributed by atoms with Crippen molar-refractivity contribution >= 4 is 11.9 Å². The van der Waals surface area contributed by atoms with Crippen LogP contribution < -0.4 is 20.9 Å². The van der Waals surface area contributed by atoms with Gasteiger partial charge in [-0.15, -0.1) is 0 Å². The fourth-order valence-electron chi connectivity index (χ4n) is 2.47. The first-order valence-electron chi connectivity index (χ1n) is 8.10. The summed E-state index contributed by atoms with van der Waals surface area (Å²) >= 11 is 0. The fourth-order valence-corrected chi connectivity index (χ4v) is 2.47. The molecule has 7 nitrogen and oxygen atoms in total. The van der Waals surface area contributed by atoms with E-state index in [1.165, 1.54) is 24.3 Å². The van der Waals surface area contributed by atoms with Crippen LogP contribution in [0.1, 0.15) is 27.2 Å². The van der Waals surface area contributed by atoms with E-state index in [0.29, 0.717) is 6.42 Å². The standard InChI is InChI=1S/C17H24FN3O4/c1-17(2,3)14-8-12(20-21-14)15(22)19-9-13(16(23)24)25-11-6-4-10(18)5-7-11/h4-7,12-14,20-21H,8-9H2,1-3H3,(H,19,22)(H,23,24). The second kappa shape index (κ2) is 7.79. The summed E-state index contributed by atoms with van der Waals surface area (Å²) in [4.78, 5) is 23.5. The Kier molecular flexibility index (Phi) is 5.97. The normalized spacial score (nSPS) is 21.6. The van der Waals surface area contributed by atoms with Crippen molar-refractivity contribution in [2.45, 2.75) is 45.4 Å². The predicted molar refractivity (Wildman–Crippen MR) is 89.4 cm³/mol. The third-order valence-corrected chi connectivity index (χ3v) is 4.09. The summed E-state index contributed by atoms with van der Waals surface area (Å²) in [6, 6.07) is 4.71. The van der Waals surface area contributed by atoms with Crippen LogP contribution in [0.3, 0.4) is 0 Å². The molecule has 0 radical (unpaired) electrons. The number of carboxylic acid groups (broad SMARTS) is 1. The zero-order valence-electron chi connectivity index (χ0n) is 14.5. The van der Waals surface area contributed by atoms with Crippen LogP contribution in [0.4, 0.5) is 4.39 Å². The lowest BCUT2D eigenvalue weighted by atomic mass is 9.84. The number of carbonyl (C=O) groups excluding carboxylic acids is 1. The zero-order valence-corrected chi connectivity index (χ0v) is 14.5. The van der Waals surface area contributed by atoms with Crippen molar-refractivity contribution < 1.29 is 23.8 Å². The first-order valence-corrected chi connectivity index (χ1v) is 8.10. The summed E-state index contributed by atoms with van der Waals surface area (Å²) in [6.07, 6.45) is -0.659. The molecule has 0 aromatic heterocycles. The molecule has 1 fully saturated rings. The lowest BCUT2D eigenvalue weighted by molar-refractivity contribution is -0.145. The van der Waals surface area contributed by atoms with E-state index in [9.17, 15) is 19.1 Å². The molecule has 0 aliphatic carbocycles. The second-order valence-electron chi connectivity index (χ2n) is 7.14.